The molecule has 0 aliphatic carbocycles. The summed E-state index contributed by atoms with van der Waals surface area (Å²) in [5.74, 6) is 1.48. The Morgan fingerprint density at radius 2 is 1.97 bits per heavy atom. The van der Waals surface area contributed by atoms with Crippen LogP contribution in [0.1, 0.15) is 37.2 Å². The highest BCUT2D eigenvalue weighted by atomic mass is 32.2. The van der Waals surface area contributed by atoms with E-state index >= 15 is 0 Å². The monoisotopic (exact) mass is 478 g/mol. The van der Waals surface area contributed by atoms with Gasteiger partial charge in [-0.1, -0.05) is 18.2 Å². The fourth-order valence-corrected chi connectivity index (χ4v) is 4.70. The summed E-state index contributed by atoms with van der Waals surface area (Å²) >= 11 is 1.47. The zero-order valence-corrected chi connectivity index (χ0v) is 19.2. The molecule has 174 valence electrons. The molecular formula is C24H23FN6O2S. The Kier molecular flexibility index (Phi) is 6.66. The van der Waals surface area contributed by atoms with E-state index in [0.29, 0.717) is 41.2 Å². The van der Waals surface area contributed by atoms with E-state index in [0.717, 1.165) is 37.2 Å². The fourth-order valence-electron chi connectivity index (χ4n) is 3.85. The zero-order valence-electron chi connectivity index (χ0n) is 18.4. The highest BCUT2D eigenvalue weighted by Crippen LogP contribution is 2.27. The van der Waals surface area contributed by atoms with Crippen molar-refractivity contribution in [1.29, 1.82) is 0 Å². The van der Waals surface area contributed by atoms with Crippen molar-refractivity contribution in [3.63, 3.8) is 0 Å². The first-order valence-electron chi connectivity index (χ1n) is 11.1. The molecule has 1 amide bonds. The molecule has 0 N–H and O–H groups in total. The lowest BCUT2D eigenvalue weighted by Gasteiger charge is -2.20. The van der Waals surface area contributed by atoms with E-state index in [1.807, 2.05) is 21.6 Å². The van der Waals surface area contributed by atoms with Gasteiger partial charge in [-0.05, 0) is 49.2 Å². The number of carbonyl (C=O) groups excluding carboxylic acids is 1. The van der Waals surface area contributed by atoms with Gasteiger partial charge >= 0.3 is 0 Å². The summed E-state index contributed by atoms with van der Waals surface area (Å²) in [7, 11) is 0. The second kappa shape index (κ2) is 10.2. The SMILES string of the molecule is O=C1CCCCCN1Cc1nnc(SCc2coc(-c3ccc(F)cc3)n2)n1-c1cccnc1. The fraction of sp³-hybridized carbons (Fsp3) is 0.292. The van der Waals surface area contributed by atoms with Gasteiger partial charge in [0.25, 0.3) is 0 Å². The molecule has 0 spiro atoms. The van der Waals surface area contributed by atoms with Crippen LogP contribution in [-0.4, -0.2) is 42.1 Å². The number of pyridine rings is 1. The van der Waals surface area contributed by atoms with Crippen LogP contribution in [0.2, 0.25) is 0 Å². The van der Waals surface area contributed by atoms with Crippen LogP contribution in [0.15, 0.2) is 64.6 Å². The van der Waals surface area contributed by atoms with Gasteiger partial charge in [0.2, 0.25) is 11.8 Å². The van der Waals surface area contributed by atoms with E-state index in [4.69, 9.17) is 4.42 Å². The minimum absolute atomic E-state index is 0.156. The van der Waals surface area contributed by atoms with E-state index in [2.05, 4.69) is 20.2 Å². The van der Waals surface area contributed by atoms with Crippen molar-refractivity contribution in [2.75, 3.05) is 6.54 Å². The van der Waals surface area contributed by atoms with E-state index in [9.17, 15) is 9.18 Å². The number of nitrogens with zero attached hydrogens (tertiary/aromatic N) is 6. The predicted molar refractivity (Wildman–Crippen MR) is 124 cm³/mol. The van der Waals surface area contributed by atoms with Crippen molar-refractivity contribution in [2.45, 2.75) is 43.1 Å². The first-order valence-corrected chi connectivity index (χ1v) is 12.1. The molecule has 0 atom stereocenters. The Labute approximate surface area is 200 Å². The van der Waals surface area contributed by atoms with Crippen LogP contribution in [0.5, 0.6) is 0 Å². The number of halogens is 1. The average Bonchev–Trinajstić information content (AvgIpc) is 3.44. The average molecular weight is 479 g/mol. The third kappa shape index (κ3) is 5.01. The molecule has 10 heteroatoms. The third-order valence-corrected chi connectivity index (χ3v) is 6.56. The van der Waals surface area contributed by atoms with Crippen LogP contribution in [0.4, 0.5) is 4.39 Å². The third-order valence-electron chi connectivity index (χ3n) is 5.60. The van der Waals surface area contributed by atoms with Gasteiger partial charge in [-0.15, -0.1) is 10.2 Å². The maximum Gasteiger partial charge on any atom is 0.226 e. The van der Waals surface area contributed by atoms with Crippen molar-refractivity contribution >= 4 is 17.7 Å². The molecular weight excluding hydrogens is 455 g/mol. The predicted octanol–water partition coefficient (Wildman–Crippen LogP) is 4.65. The van der Waals surface area contributed by atoms with E-state index in [1.54, 1.807) is 30.8 Å². The molecule has 4 heterocycles. The molecule has 1 aliphatic rings. The molecule has 1 saturated heterocycles. The number of aromatic nitrogens is 5. The maximum absolute atomic E-state index is 13.2. The second-order valence-electron chi connectivity index (χ2n) is 8.01. The molecule has 4 aromatic rings. The molecule has 1 fully saturated rings. The Balaban J connectivity index is 1.36. The number of hydrogen-bond acceptors (Lipinski definition) is 7. The van der Waals surface area contributed by atoms with Gasteiger partial charge in [0.05, 0.1) is 24.1 Å². The lowest BCUT2D eigenvalue weighted by Crippen LogP contribution is -2.31. The standard InChI is InChI=1S/C24H23FN6O2S/c25-18-9-7-17(8-10-18)23-27-19(15-33-23)16-34-24-29-28-21(31(24)20-5-4-11-26-13-20)14-30-12-3-1-2-6-22(30)32/h4-5,7-11,13,15H,1-3,6,12,14,16H2. The Hall–Kier alpha value is -3.53. The molecule has 34 heavy (non-hydrogen) atoms. The Bertz CT molecular complexity index is 1260. The smallest absolute Gasteiger partial charge is 0.226 e. The van der Waals surface area contributed by atoms with Crippen molar-refractivity contribution in [3.8, 4) is 17.1 Å². The van der Waals surface area contributed by atoms with Gasteiger partial charge < -0.3 is 9.32 Å². The van der Waals surface area contributed by atoms with Crippen molar-refractivity contribution in [1.82, 2.24) is 29.6 Å². The van der Waals surface area contributed by atoms with Crippen LogP contribution in [0.3, 0.4) is 0 Å². The first-order chi connectivity index (χ1) is 16.7. The topological polar surface area (TPSA) is 89.9 Å². The van der Waals surface area contributed by atoms with Gasteiger partial charge in [-0.3, -0.25) is 14.3 Å². The first kappa shape index (κ1) is 22.3. The van der Waals surface area contributed by atoms with Gasteiger partial charge in [0.1, 0.15) is 12.1 Å². The van der Waals surface area contributed by atoms with Crippen LogP contribution in [0.25, 0.3) is 17.1 Å². The molecule has 1 aromatic carbocycles. The molecule has 0 unspecified atom stereocenters. The van der Waals surface area contributed by atoms with Gasteiger partial charge in [-0.2, -0.15) is 0 Å². The highest BCUT2D eigenvalue weighted by Gasteiger charge is 2.22. The van der Waals surface area contributed by atoms with Crippen molar-refractivity contribution < 1.29 is 13.6 Å². The second-order valence-corrected chi connectivity index (χ2v) is 8.95. The molecule has 0 saturated carbocycles. The Morgan fingerprint density at radius 1 is 1.09 bits per heavy atom. The summed E-state index contributed by atoms with van der Waals surface area (Å²) in [4.78, 5) is 23.2. The zero-order chi connectivity index (χ0) is 23.3. The molecule has 3 aromatic heterocycles. The van der Waals surface area contributed by atoms with Gasteiger partial charge in [0.15, 0.2) is 11.0 Å². The summed E-state index contributed by atoms with van der Waals surface area (Å²) in [5.41, 5.74) is 2.27. The Morgan fingerprint density at radius 3 is 2.79 bits per heavy atom. The molecule has 5 rings (SSSR count). The highest BCUT2D eigenvalue weighted by molar-refractivity contribution is 7.98. The van der Waals surface area contributed by atoms with E-state index < -0.39 is 0 Å². The molecule has 0 bridgehead atoms. The number of thioether (sulfide) groups is 1. The number of amides is 1. The van der Waals surface area contributed by atoms with Crippen LogP contribution in [-0.2, 0) is 17.1 Å². The maximum atomic E-state index is 13.2. The summed E-state index contributed by atoms with van der Waals surface area (Å²) < 4.78 is 20.7. The normalized spacial score (nSPS) is 14.4. The molecule has 8 nitrogen and oxygen atoms in total. The van der Waals surface area contributed by atoms with E-state index in [-0.39, 0.29) is 11.7 Å². The van der Waals surface area contributed by atoms with Crippen LogP contribution >= 0.6 is 11.8 Å². The largest absolute Gasteiger partial charge is 0.444 e. The van der Waals surface area contributed by atoms with Crippen molar-refractivity contribution in [2.24, 2.45) is 0 Å². The number of oxazole rings is 1. The molecule has 0 radical (unpaired) electrons. The quantitative estimate of drug-likeness (QED) is 0.357. The molecule has 1 aliphatic heterocycles. The van der Waals surface area contributed by atoms with Crippen LogP contribution < -0.4 is 0 Å². The number of rotatable bonds is 7. The summed E-state index contributed by atoms with van der Waals surface area (Å²) in [6.07, 6.45) is 8.63. The summed E-state index contributed by atoms with van der Waals surface area (Å²) in [5, 5.41) is 9.50. The number of likely N-dealkylation sites (tertiary alicyclic amines) is 1. The number of hydrogen-bond donors (Lipinski definition) is 0. The minimum atomic E-state index is -0.307. The lowest BCUT2D eigenvalue weighted by atomic mass is 10.2. The van der Waals surface area contributed by atoms with Gasteiger partial charge in [-0.25, -0.2) is 9.37 Å². The number of carbonyl (C=O) groups is 1. The van der Waals surface area contributed by atoms with Crippen molar-refractivity contribution in [3.05, 3.63) is 72.4 Å². The van der Waals surface area contributed by atoms with Gasteiger partial charge in [0, 0.05) is 30.5 Å². The summed E-state index contributed by atoms with van der Waals surface area (Å²) in [6, 6.07) is 9.82. The minimum Gasteiger partial charge on any atom is -0.444 e. The lowest BCUT2D eigenvalue weighted by molar-refractivity contribution is -0.131. The number of benzene rings is 1. The van der Waals surface area contributed by atoms with Crippen LogP contribution in [0, 0.1) is 5.82 Å². The summed E-state index contributed by atoms with van der Waals surface area (Å²) in [6.45, 7) is 1.13. The van der Waals surface area contributed by atoms with E-state index in [1.165, 1.54) is 23.9 Å².